The highest BCUT2D eigenvalue weighted by molar-refractivity contribution is 7.99. The van der Waals surface area contributed by atoms with Gasteiger partial charge in [0.05, 0.1) is 22.2 Å². The Kier molecular flexibility index (Phi) is 7.70. The summed E-state index contributed by atoms with van der Waals surface area (Å²) >= 11 is 13.6. The molecule has 1 atom stereocenters. The first-order valence-electron chi connectivity index (χ1n) is 10.8. The van der Waals surface area contributed by atoms with Gasteiger partial charge in [0, 0.05) is 5.70 Å². The minimum Gasteiger partial charge on any atom is -0.489 e. The number of carbonyl (C=O) groups is 1. The summed E-state index contributed by atoms with van der Waals surface area (Å²) in [6, 6.07) is 12.5. The van der Waals surface area contributed by atoms with E-state index in [9.17, 15) is 4.79 Å². The number of carbonyl (C=O) groups excluding carboxylic acids is 1. The van der Waals surface area contributed by atoms with E-state index in [1.54, 1.807) is 35.5 Å². The predicted octanol–water partition coefficient (Wildman–Crippen LogP) is 6.13. The van der Waals surface area contributed by atoms with Gasteiger partial charge in [0.25, 0.3) is 0 Å². The van der Waals surface area contributed by atoms with E-state index in [4.69, 9.17) is 32.7 Å². The lowest BCUT2D eigenvalue weighted by atomic mass is 9.96. The molecule has 0 amide bonds. The summed E-state index contributed by atoms with van der Waals surface area (Å²) in [5.74, 6) is 1.73. The van der Waals surface area contributed by atoms with Crippen molar-refractivity contribution in [2.45, 2.75) is 38.6 Å². The monoisotopic (exact) mass is 518 g/mol. The van der Waals surface area contributed by atoms with E-state index in [0.29, 0.717) is 44.8 Å². The SMILES string of the molecule is CCOC(=O)C1=C(C)Nc2nc(SCC)nn2C1c1ccc(OCc2ccc(Cl)c(Cl)c2)cc1. The Morgan fingerprint density at radius 1 is 1.15 bits per heavy atom. The maximum Gasteiger partial charge on any atom is 0.338 e. The number of ether oxygens (including phenoxy) is 2. The summed E-state index contributed by atoms with van der Waals surface area (Å²) in [5, 5.41) is 9.49. The van der Waals surface area contributed by atoms with Crippen molar-refractivity contribution in [1.29, 1.82) is 0 Å². The Morgan fingerprint density at radius 2 is 1.91 bits per heavy atom. The van der Waals surface area contributed by atoms with Crippen LogP contribution in [-0.2, 0) is 16.1 Å². The van der Waals surface area contributed by atoms with Crippen LogP contribution in [0.1, 0.15) is 37.9 Å². The van der Waals surface area contributed by atoms with Crippen LogP contribution in [0.2, 0.25) is 10.0 Å². The number of nitrogens with zero attached hydrogens (tertiary/aromatic N) is 3. The molecule has 34 heavy (non-hydrogen) atoms. The fourth-order valence-electron chi connectivity index (χ4n) is 3.65. The van der Waals surface area contributed by atoms with E-state index in [0.717, 1.165) is 16.9 Å². The number of rotatable bonds is 8. The summed E-state index contributed by atoms with van der Waals surface area (Å²) in [4.78, 5) is 17.5. The Bertz CT molecular complexity index is 1230. The second-order valence-corrected chi connectivity index (χ2v) is 9.53. The van der Waals surface area contributed by atoms with Crippen molar-refractivity contribution >= 4 is 46.9 Å². The molecular formula is C24H24Cl2N4O3S. The molecule has 1 aliphatic heterocycles. The normalized spacial score (nSPS) is 15.0. The fraction of sp³-hybridized carbons (Fsp3) is 0.292. The molecule has 0 saturated heterocycles. The van der Waals surface area contributed by atoms with E-state index in [2.05, 4.69) is 15.4 Å². The first-order chi connectivity index (χ1) is 16.4. The molecule has 7 nitrogen and oxygen atoms in total. The van der Waals surface area contributed by atoms with Crippen LogP contribution in [0.15, 0.2) is 58.9 Å². The van der Waals surface area contributed by atoms with Crippen LogP contribution in [0, 0.1) is 0 Å². The number of hydrogen-bond acceptors (Lipinski definition) is 7. The zero-order valence-electron chi connectivity index (χ0n) is 19.0. The van der Waals surface area contributed by atoms with Crippen molar-refractivity contribution in [2.24, 2.45) is 0 Å². The van der Waals surface area contributed by atoms with Crippen molar-refractivity contribution < 1.29 is 14.3 Å². The minimum atomic E-state index is -0.474. The number of halogens is 2. The van der Waals surface area contributed by atoms with E-state index < -0.39 is 6.04 Å². The summed E-state index contributed by atoms with van der Waals surface area (Å²) in [6.07, 6.45) is 0. The molecule has 0 bridgehead atoms. The third-order valence-electron chi connectivity index (χ3n) is 5.19. The molecule has 1 unspecified atom stereocenters. The molecule has 2 heterocycles. The van der Waals surface area contributed by atoms with Crippen LogP contribution in [0.3, 0.4) is 0 Å². The van der Waals surface area contributed by atoms with Crippen LogP contribution in [-0.4, -0.2) is 33.1 Å². The average molecular weight is 519 g/mol. The zero-order chi connectivity index (χ0) is 24.2. The number of thioether (sulfide) groups is 1. The third kappa shape index (κ3) is 5.19. The quantitative estimate of drug-likeness (QED) is 0.283. The number of aromatic nitrogens is 3. The summed E-state index contributed by atoms with van der Waals surface area (Å²) < 4.78 is 13.0. The Balaban J connectivity index is 1.62. The van der Waals surface area contributed by atoms with Gasteiger partial charge < -0.3 is 14.8 Å². The van der Waals surface area contributed by atoms with Gasteiger partial charge in [0.2, 0.25) is 11.1 Å². The standard InChI is InChI=1S/C24H24Cl2N4O3S/c1-4-32-22(31)20-14(3)27-23-28-24(34-5-2)29-30(23)21(20)16-7-9-17(10-8-16)33-13-15-6-11-18(25)19(26)12-15/h6-12,21H,4-5,13H2,1-3H3,(H,27,28,29). The number of nitrogens with one attached hydrogen (secondary N) is 1. The predicted molar refractivity (Wildman–Crippen MR) is 135 cm³/mol. The van der Waals surface area contributed by atoms with Crippen molar-refractivity contribution in [3.8, 4) is 5.75 Å². The molecule has 3 aromatic rings. The number of fused-ring (bicyclic) bond motifs is 1. The summed E-state index contributed by atoms with van der Waals surface area (Å²) in [7, 11) is 0. The zero-order valence-corrected chi connectivity index (χ0v) is 21.3. The minimum absolute atomic E-state index is 0.283. The van der Waals surface area contributed by atoms with Crippen molar-refractivity contribution in [2.75, 3.05) is 17.7 Å². The van der Waals surface area contributed by atoms with Crippen LogP contribution in [0.4, 0.5) is 5.95 Å². The van der Waals surface area contributed by atoms with Crippen LogP contribution in [0.5, 0.6) is 5.75 Å². The maximum absolute atomic E-state index is 12.9. The topological polar surface area (TPSA) is 78.3 Å². The number of benzene rings is 2. The molecule has 1 N–H and O–H groups in total. The van der Waals surface area contributed by atoms with E-state index in [1.807, 2.05) is 44.2 Å². The van der Waals surface area contributed by atoms with E-state index in [1.165, 1.54) is 0 Å². The lowest BCUT2D eigenvalue weighted by Gasteiger charge is -2.28. The summed E-state index contributed by atoms with van der Waals surface area (Å²) in [5.41, 5.74) is 2.96. The van der Waals surface area contributed by atoms with Crippen molar-refractivity contribution in [3.63, 3.8) is 0 Å². The van der Waals surface area contributed by atoms with Crippen LogP contribution >= 0.6 is 35.0 Å². The Labute approximate surface area is 212 Å². The molecular weight excluding hydrogens is 495 g/mol. The van der Waals surface area contributed by atoms with Crippen LogP contribution < -0.4 is 10.1 Å². The van der Waals surface area contributed by atoms with Gasteiger partial charge in [-0.25, -0.2) is 9.48 Å². The molecule has 1 aliphatic rings. The van der Waals surface area contributed by atoms with E-state index >= 15 is 0 Å². The fourth-order valence-corrected chi connectivity index (χ4v) is 4.52. The van der Waals surface area contributed by atoms with Gasteiger partial charge in [-0.15, -0.1) is 5.10 Å². The first kappa shape index (κ1) is 24.4. The highest BCUT2D eigenvalue weighted by Crippen LogP contribution is 2.37. The second kappa shape index (κ2) is 10.7. The Morgan fingerprint density at radius 3 is 2.59 bits per heavy atom. The molecule has 0 saturated carbocycles. The van der Waals surface area contributed by atoms with Gasteiger partial charge in [-0.1, -0.05) is 60.1 Å². The third-order valence-corrected chi connectivity index (χ3v) is 6.65. The molecule has 0 radical (unpaired) electrons. The van der Waals surface area contributed by atoms with Crippen molar-refractivity contribution in [1.82, 2.24) is 14.8 Å². The molecule has 0 fully saturated rings. The smallest absolute Gasteiger partial charge is 0.338 e. The molecule has 2 aromatic carbocycles. The lowest BCUT2D eigenvalue weighted by Crippen LogP contribution is -2.29. The average Bonchev–Trinajstić information content (AvgIpc) is 3.21. The molecule has 10 heteroatoms. The van der Waals surface area contributed by atoms with Crippen LogP contribution in [0.25, 0.3) is 0 Å². The van der Waals surface area contributed by atoms with Gasteiger partial charge >= 0.3 is 5.97 Å². The van der Waals surface area contributed by atoms with Crippen molar-refractivity contribution in [3.05, 3.63) is 74.9 Å². The molecule has 0 aliphatic carbocycles. The number of esters is 1. The molecule has 4 rings (SSSR count). The highest BCUT2D eigenvalue weighted by atomic mass is 35.5. The second-order valence-electron chi connectivity index (χ2n) is 7.49. The van der Waals surface area contributed by atoms with Gasteiger partial charge in [-0.2, -0.15) is 4.98 Å². The highest BCUT2D eigenvalue weighted by Gasteiger charge is 2.35. The van der Waals surface area contributed by atoms with Gasteiger partial charge in [0.15, 0.2) is 0 Å². The van der Waals surface area contributed by atoms with Gasteiger partial charge in [-0.05, 0) is 55.0 Å². The summed E-state index contributed by atoms with van der Waals surface area (Å²) in [6.45, 7) is 6.31. The molecule has 1 aromatic heterocycles. The molecule has 0 spiro atoms. The van der Waals surface area contributed by atoms with Gasteiger partial charge in [0.1, 0.15) is 18.4 Å². The first-order valence-corrected chi connectivity index (χ1v) is 12.6. The maximum atomic E-state index is 12.9. The number of allylic oxidation sites excluding steroid dienone is 1. The Hall–Kier alpha value is -2.68. The number of anilines is 1. The lowest BCUT2D eigenvalue weighted by molar-refractivity contribution is -0.139. The largest absolute Gasteiger partial charge is 0.489 e. The molecule has 178 valence electrons. The number of hydrogen-bond donors (Lipinski definition) is 1. The van der Waals surface area contributed by atoms with E-state index in [-0.39, 0.29) is 12.6 Å². The van der Waals surface area contributed by atoms with Gasteiger partial charge in [-0.3, -0.25) is 0 Å².